The van der Waals surface area contributed by atoms with Crippen molar-refractivity contribution >= 4 is 16.8 Å². The lowest BCUT2D eigenvalue weighted by molar-refractivity contribution is 0.00191. The van der Waals surface area contributed by atoms with Gasteiger partial charge < -0.3 is 19.1 Å². The summed E-state index contributed by atoms with van der Waals surface area (Å²) in [6.07, 6.45) is 0. The number of ether oxygens (including phenoxy) is 3. The second-order valence-electron chi connectivity index (χ2n) is 9.48. The quantitative estimate of drug-likeness (QED) is 0.554. The van der Waals surface area contributed by atoms with Crippen LogP contribution in [0.15, 0.2) is 66.7 Å². The van der Waals surface area contributed by atoms with Gasteiger partial charge >= 0.3 is 0 Å². The molecule has 1 aliphatic carbocycles. The Labute approximate surface area is 201 Å². The van der Waals surface area contributed by atoms with E-state index in [1.807, 2.05) is 0 Å². The highest BCUT2D eigenvalue weighted by molar-refractivity contribution is 6.07. The van der Waals surface area contributed by atoms with E-state index >= 15 is 0 Å². The molecule has 2 heterocycles. The zero-order valence-electron chi connectivity index (χ0n) is 20.0. The summed E-state index contributed by atoms with van der Waals surface area (Å²) in [4.78, 5) is 4.71. The number of fused-ring (bicyclic) bond motifs is 2. The van der Waals surface area contributed by atoms with Crippen LogP contribution in [0.4, 0.5) is 5.69 Å². The molecule has 3 aliphatic rings. The predicted molar refractivity (Wildman–Crippen MR) is 135 cm³/mol. The van der Waals surface area contributed by atoms with E-state index in [1.54, 1.807) is 0 Å². The molecule has 1 atom stereocenters. The molecule has 6 rings (SSSR count). The second kappa shape index (κ2) is 8.19. The Kier molecular flexibility index (Phi) is 5.12. The van der Waals surface area contributed by atoms with Crippen molar-refractivity contribution in [2.75, 3.05) is 52.1 Å². The van der Waals surface area contributed by atoms with E-state index in [9.17, 15) is 0 Å². The third-order valence-electron chi connectivity index (χ3n) is 7.42. The van der Waals surface area contributed by atoms with Crippen LogP contribution in [0.3, 0.4) is 0 Å². The summed E-state index contributed by atoms with van der Waals surface area (Å²) in [5, 5.41) is 0. The first-order valence-corrected chi connectivity index (χ1v) is 11.9. The van der Waals surface area contributed by atoms with Crippen molar-refractivity contribution in [3.8, 4) is 11.5 Å². The lowest BCUT2D eigenvalue weighted by atomic mass is 9.81. The summed E-state index contributed by atoms with van der Waals surface area (Å²) < 4.78 is 17.4. The van der Waals surface area contributed by atoms with Crippen LogP contribution in [0.5, 0.6) is 11.5 Å². The van der Waals surface area contributed by atoms with E-state index in [-0.39, 0.29) is 12.3 Å². The van der Waals surface area contributed by atoms with Crippen LogP contribution in [-0.2, 0) is 10.3 Å². The number of rotatable bonds is 4. The molecule has 0 radical (unpaired) electrons. The highest BCUT2D eigenvalue weighted by Gasteiger charge is 2.48. The van der Waals surface area contributed by atoms with E-state index in [2.05, 4.69) is 97.5 Å². The molecule has 34 heavy (non-hydrogen) atoms. The third kappa shape index (κ3) is 3.23. The molecule has 5 heteroatoms. The second-order valence-corrected chi connectivity index (χ2v) is 9.48. The lowest BCUT2D eigenvalue weighted by Crippen LogP contribution is -2.49. The van der Waals surface area contributed by atoms with E-state index in [4.69, 9.17) is 14.2 Å². The van der Waals surface area contributed by atoms with Crippen LogP contribution in [0.2, 0.25) is 0 Å². The van der Waals surface area contributed by atoms with Gasteiger partial charge in [-0.3, -0.25) is 4.90 Å². The maximum atomic E-state index is 5.84. The largest absolute Gasteiger partial charge is 0.454 e. The Bertz CT molecular complexity index is 1240. The van der Waals surface area contributed by atoms with E-state index < -0.39 is 0 Å². The van der Waals surface area contributed by atoms with Gasteiger partial charge in [0, 0.05) is 32.9 Å². The number of morpholine rings is 1. The first kappa shape index (κ1) is 21.3. The number of benzene rings is 3. The minimum atomic E-state index is -0.328. The van der Waals surface area contributed by atoms with Gasteiger partial charge in [-0.1, -0.05) is 42.5 Å². The molecular formula is C29H30N2O3. The lowest BCUT2D eigenvalue weighted by Gasteiger charge is -2.43. The molecule has 0 N–H and O–H groups in total. The maximum Gasteiger partial charge on any atom is 0.231 e. The van der Waals surface area contributed by atoms with Crippen molar-refractivity contribution in [1.29, 1.82) is 0 Å². The molecule has 5 nitrogen and oxygen atoms in total. The first-order valence-electron chi connectivity index (χ1n) is 11.9. The van der Waals surface area contributed by atoms with Crippen LogP contribution in [0, 0.1) is 0 Å². The molecule has 3 aromatic carbocycles. The fourth-order valence-electron chi connectivity index (χ4n) is 5.66. The van der Waals surface area contributed by atoms with E-state index in [0.29, 0.717) is 0 Å². The van der Waals surface area contributed by atoms with Gasteiger partial charge in [0.05, 0.1) is 18.8 Å². The van der Waals surface area contributed by atoms with E-state index in [0.717, 1.165) is 37.8 Å². The third-order valence-corrected chi connectivity index (χ3v) is 7.42. The van der Waals surface area contributed by atoms with Gasteiger partial charge in [-0.2, -0.15) is 0 Å². The van der Waals surface area contributed by atoms with Crippen molar-refractivity contribution in [1.82, 2.24) is 4.90 Å². The Morgan fingerprint density at radius 3 is 2.18 bits per heavy atom. The van der Waals surface area contributed by atoms with Gasteiger partial charge in [-0.25, -0.2) is 0 Å². The monoisotopic (exact) mass is 454 g/mol. The maximum absolute atomic E-state index is 5.84. The summed E-state index contributed by atoms with van der Waals surface area (Å²) in [5.41, 5.74) is 8.38. The average molecular weight is 455 g/mol. The standard InChI is InChI=1S/C29H30N2O3/c1-29(31-13-15-32-16-14-31)24-18-26-25(33-19-34-26)17-23(24)27(20-7-5-4-6-8-20)28(29)21-9-11-22(12-10-21)30(2)3/h4-12,17-18H,13-16,19H2,1-3H3. The molecule has 1 unspecified atom stereocenters. The van der Waals surface area contributed by atoms with Gasteiger partial charge in [0.25, 0.3) is 0 Å². The van der Waals surface area contributed by atoms with Crippen LogP contribution in [-0.4, -0.2) is 52.1 Å². The number of hydrogen-bond donors (Lipinski definition) is 0. The molecule has 0 spiro atoms. The highest BCUT2D eigenvalue weighted by Crippen LogP contribution is 2.57. The fraction of sp³-hybridized carbons (Fsp3) is 0.310. The molecule has 0 saturated carbocycles. The molecule has 0 bridgehead atoms. The Hall–Kier alpha value is -3.28. The minimum absolute atomic E-state index is 0.274. The van der Waals surface area contributed by atoms with Crippen molar-refractivity contribution in [2.24, 2.45) is 0 Å². The first-order chi connectivity index (χ1) is 16.6. The van der Waals surface area contributed by atoms with Crippen LogP contribution < -0.4 is 14.4 Å². The van der Waals surface area contributed by atoms with E-state index in [1.165, 1.54) is 39.1 Å². The number of hydrogen-bond acceptors (Lipinski definition) is 5. The molecule has 3 aromatic rings. The molecule has 1 fully saturated rings. The highest BCUT2D eigenvalue weighted by atomic mass is 16.7. The van der Waals surface area contributed by atoms with Crippen molar-refractivity contribution in [2.45, 2.75) is 12.5 Å². The topological polar surface area (TPSA) is 34.2 Å². The SMILES string of the molecule is CN(C)c1ccc(C2=C(c3ccccc3)c3cc4c(cc3C2(C)N2CCOCC2)OCO4)cc1. The van der Waals surface area contributed by atoms with Gasteiger partial charge in [-0.15, -0.1) is 0 Å². The van der Waals surface area contributed by atoms with Gasteiger partial charge in [-0.05, 0) is 64.6 Å². The van der Waals surface area contributed by atoms with Crippen LogP contribution in [0.25, 0.3) is 11.1 Å². The Morgan fingerprint density at radius 1 is 0.824 bits per heavy atom. The number of anilines is 1. The zero-order chi connectivity index (χ0) is 23.3. The Balaban J connectivity index is 1.65. The van der Waals surface area contributed by atoms with Gasteiger partial charge in [0.15, 0.2) is 11.5 Å². The van der Waals surface area contributed by atoms with Crippen molar-refractivity contribution in [3.05, 3.63) is 89.0 Å². The molecule has 2 aliphatic heterocycles. The molecular weight excluding hydrogens is 424 g/mol. The average Bonchev–Trinajstić information content (AvgIpc) is 3.44. The Morgan fingerprint density at radius 2 is 1.50 bits per heavy atom. The van der Waals surface area contributed by atoms with Crippen molar-refractivity contribution in [3.63, 3.8) is 0 Å². The van der Waals surface area contributed by atoms with Crippen LogP contribution >= 0.6 is 0 Å². The number of nitrogens with zero attached hydrogens (tertiary/aromatic N) is 2. The predicted octanol–water partition coefficient (Wildman–Crippen LogP) is 5.00. The summed E-state index contributed by atoms with van der Waals surface area (Å²) in [6.45, 7) is 5.88. The smallest absolute Gasteiger partial charge is 0.231 e. The van der Waals surface area contributed by atoms with Gasteiger partial charge in [0.1, 0.15) is 0 Å². The summed E-state index contributed by atoms with van der Waals surface area (Å²) in [5.74, 6) is 1.65. The fourth-order valence-corrected chi connectivity index (χ4v) is 5.66. The normalized spacial score (nSPS) is 21.6. The molecule has 1 saturated heterocycles. The summed E-state index contributed by atoms with van der Waals surface area (Å²) in [6, 6.07) is 24.1. The van der Waals surface area contributed by atoms with Crippen LogP contribution in [0.1, 0.15) is 29.2 Å². The summed E-state index contributed by atoms with van der Waals surface area (Å²) >= 11 is 0. The molecule has 0 aromatic heterocycles. The van der Waals surface area contributed by atoms with Gasteiger partial charge in [0.2, 0.25) is 6.79 Å². The van der Waals surface area contributed by atoms with Crippen molar-refractivity contribution < 1.29 is 14.2 Å². The molecule has 0 amide bonds. The summed E-state index contributed by atoms with van der Waals surface area (Å²) in [7, 11) is 4.16. The molecule has 174 valence electrons. The zero-order valence-corrected chi connectivity index (χ0v) is 20.0. The minimum Gasteiger partial charge on any atom is -0.454 e.